The number of amides is 1. The lowest BCUT2D eigenvalue weighted by Gasteiger charge is -2.15. The molecule has 1 aliphatic carbocycles. The van der Waals surface area contributed by atoms with Gasteiger partial charge in [-0.25, -0.2) is 4.68 Å². The van der Waals surface area contributed by atoms with Crippen LogP contribution in [0.1, 0.15) is 34.0 Å². The van der Waals surface area contributed by atoms with Gasteiger partial charge in [-0.05, 0) is 48.7 Å². The summed E-state index contributed by atoms with van der Waals surface area (Å²) in [6.45, 7) is 1.40. The molecule has 0 unspecified atom stereocenters. The Hall–Kier alpha value is -3.54. The van der Waals surface area contributed by atoms with Crippen molar-refractivity contribution in [2.45, 2.75) is 18.9 Å². The molecule has 6 heteroatoms. The van der Waals surface area contributed by atoms with E-state index in [0.717, 1.165) is 46.4 Å². The predicted octanol–water partition coefficient (Wildman–Crippen LogP) is 3.58. The van der Waals surface area contributed by atoms with Crippen molar-refractivity contribution >= 4 is 16.8 Å². The van der Waals surface area contributed by atoms with E-state index in [9.17, 15) is 4.79 Å². The lowest BCUT2D eigenvalue weighted by molar-refractivity contribution is 0.0770. The third-order valence-corrected chi connectivity index (χ3v) is 6.04. The van der Waals surface area contributed by atoms with Crippen LogP contribution in [-0.4, -0.2) is 37.1 Å². The normalized spacial score (nSPS) is 20.3. The number of carbonyl (C=O) groups excluding carboxylic acids is 1. The molecule has 1 aromatic carbocycles. The van der Waals surface area contributed by atoms with E-state index < -0.39 is 0 Å². The first-order chi connectivity index (χ1) is 14.3. The lowest BCUT2D eigenvalue weighted by Crippen LogP contribution is -2.26. The van der Waals surface area contributed by atoms with E-state index in [1.165, 1.54) is 0 Å². The molecule has 3 aromatic heterocycles. The smallest absolute Gasteiger partial charge is 0.254 e. The number of benzene rings is 1. The number of nitrogens with zero attached hydrogens (tertiary/aromatic N) is 5. The molecule has 1 amide bonds. The van der Waals surface area contributed by atoms with E-state index in [4.69, 9.17) is 0 Å². The molecule has 0 spiro atoms. The zero-order valence-corrected chi connectivity index (χ0v) is 15.8. The molecule has 1 saturated carbocycles. The Balaban J connectivity index is 1.21. The first-order valence-corrected chi connectivity index (χ1v) is 9.90. The monoisotopic (exact) mass is 381 g/mol. The molecule has 0 bridgehead atoms. The minimum atomic E-state index is 0.118. The maximum atomic E-state index is 13.0. The third kappa shape index (κ3) is 2.71. The van der Waals surface area contributed by atoms with Crippen LogP contribution in [-0.2, 0) is 6.54 Å². The molecule has 1 aliphatic heterocycles. The molecule has 6 rings (SSSR count). The standard InChI is InChI=1S/C23H19N5O/c29-23-17-5-1-6-22(28-9-3-8-26-28)19(17)14-27(23)13-16-10-18(16)21-11-20-15(12-25-21)4-2-7-24-20/h1-9,11-12,16,18H,10,13-14H2/t16-,18+/m1/s1. The van der Waals surface area contributed by atoms with Crippen molar-refractivity contribution in [1.82, 2.24) is 24.6 Å². The van der Waals surface area contributed by atoms with Crippen molar-refractivity contribution in [2.75, 3.05) is 6.54 Å². The Morgan fingerprint density at radius 1 is 1.07 bits per heavy atom. The first-order valence-electron chi connectivity index (χ1n) is 9.90. The summed E-state index contributed by atoms with van der Waals surface area (Å²) >= 11 is 0. The summed E-state index contributed by atoms with van der Waals surface area (Å²) in [7, 11) is 0. The molecule has 142 valence electrons. The Bertz CT molecular complexity index is 1230. The van der Waals surface area contributed by atoms with Gasteiger partial charge in [0.25, 0.3) is 5.91 Å². The van der Waals surface area contributed by atoms with Crippen LogP contribution in [0.2, 0.25) is 0 Å². The number of rotatable bonds is 4. The quantitative estimate of drug-likeness (QED) is 0.542. The van der Waals surface area contributed by atoms with Crippen LogP contribution < -0.4 is 0 Å². The van der Waals surface area contributed by atoms with Crippen LogP contribution >= 0.6 is 0 Å². The fourth-order valence-corrected chi connectivity index (χ4v) is 4.43. The van der Waals surface area contributed by atoms with Gasteiger partial charge in [0.1, 0.15) is 0 Å². The molecule has 0 saturated heterocycles. The van der Waals surface area contributed by atoms with Crippen LogP contribution in [0.15, 0.2) is 67.3 Å². The fraction of sp³-hybridized carbons (Fsp3) is 0.217. The topological polar surface area (TPSA) is 63.9 Å². The van der Waals surface area contributed by atoms with Crippen molar-refractivity contribution in [3.05, 3.63) is 84.1 Å². The van der Waals surface area contributed by atoms with Gasteiger partial charge < -0.3 is 4.90 Å². The summed E-state index contributed by atoms with van der Waals surface area (Å²) in [5.41, 5.74) is 4.91. The van der Waals surface area contributed by atoms with Gasteiger partial charge in [-0.2, -0.15) is 5.10 Å². The second kappa shape index (κ2) is 6.24. The van der Waals surface area contributed by atoms with E-state index in [1.54, 1.807) is 6.20 Å². The number of carbonyl (C=O) groups is 1. The van der Waals surface area contributed by atoms with Crippen molar-refractivity contribution in [3.63, 3.8) is 0 Å². The minimum Gasteiger partial charge on any atom is -0.334 e. The summed E-state index contributed by atoms with van der Waals surface area (Å²) in [4.78, 5) is 24.0. The molecular weight excluding hydrogens is 362 g/mol. The first kappa shape index (κ1) is 16.4. The van der Waals surface area contributed by atoms with Gasteiger partial charge in [0.05, 0.1) is 11.2 Å². The van der Waals surface area contributed by atoms with Gasteiger partial charge in [0.15, 0.2) is 0 Å². The maximum absolute atomic E-state index is 13.0. The molecule has 4 aromatic rings. The second-order valence-corrected chi connectivity index (χ2v) is 7.85. The van der Waals surface area contributed by atoms with Crippen LogP contribution in [0.5, 0.6) is 0 Å². The van der Waals surface area contributed by atoms with E-state index in [0.29, 0.717) is 18.4 Å². The van der Waals surface area contributed by atoms with Crippen LogP contribution in [0.3, 0.4) is 0 Å². The number of hydrogen-bond donors (Lipinski definition) is 0. The highest BCUT2D eigenvalue weighted by Gasteiger charge is 2.43. The molecule has 29 heavy (non-hydrogen) atoms. The zero-order valence-electron chi connectivity index (χ0n) is 15.8. The largest absolute Gasteiger partial charge is 0.334 e. The van der Waals surface area contributed by atoms with Crippen molar-refractivity contribution in [1.29, 1.82) is 0 Å². The van der Waals surface area contributed by atoms with E-state index >= 15 is 0 Å². The molecular formula is C23H19N5O. The van der Waals surface area contributed by atoms with Crippen molar-refractivity contribution in [2.24, 2.45) is 5.92 Å². The molecule has 6 nitrogen and oxygen atoms in total. The fourth-order valence-electron chi connectivity index (χ4n) is 4.43. The molecule has 2 aliphatic rings. The molecule has 0 radical (unpaired) electrons. The third-order valence-electron chi connectivity index (χ3n) is 6.04. The summed E-state index contributed by atoms with van der Waals surface area (Å²) in [6.07, 6.45) is 8.46. The SMILES string of the molecule is O=C1c2cccc(-n3cccn3)c2CN1C[C@H]1C[C@@H]1c1cc2ncccc2cn1. The summed E-state index contributed by atoms with van der Waals surface area (Å²) < 4.78 is 1.83. The van der Waals surface area contributed by atoms with E-state index in [1.807, 2.05) is 64.6 Å². The van der Waals surface area contributed by atoms with Crippen LogP contribution in [0, 0.1) is 5.92 Å². The summed E-state index contributed by atoms with van der Waals surface area (Å²) in [5.74, 6) is 0.978. The van der Waals surface area contributed by atoms with Gasteiger partial charge in [-0.3, -0.25) is 14.8 Å². The molecule has 0 N–H and O–H groups in total. The van der Waals surface area contributed by atoms with E-state index in [2.05, 4.69) is 21.1 Å². The highest BCUT2D eigenvalue weighted by atomic mass is 16.2. The zero-order chi connectivity index (χ0) is 19.4. The Kier molecular flexibility index (Phi) is 3.53. The van der Waals surface area contributed by atoms with Gasteiger partial charge >= 0.3 is 0 Å². The van der Waals surface area contributed by atoms with Gasteiger partial charge in [0.2, 0.25) is 0 Å². The Labute approximate surface area is 167 Å². The van der Waals surface area contributed by atoms with Crippen molar-refractivity contribution < 1.29 is 4.79 Å². The average molecular weight is 381 g/mol. The number of fused-ring (bicyclic) bond motifs is 2. The number of hydrogen-bond acceptors (Lipinski definition) is 4. The summed E-state index contributed by atoms with van der Waals surface area (Å²) in [5, 5.41) is 5.40. The van der Waals surface area contributed by atoms with Gasteiger partial charge in [-0.15, -0.1) is 0 Å². The summed E-state index contributed by atoms with van der Waals surface area (Å²) in [6, 6.07) is 13.8. The molecule has 4 heterocycles. The van der Waals surface area contributed by atoms with Crippen LogP contribution in [0.25, 0.3) is 16.6 Å². The Morgan fingerprint density at radius 3 is 2.93 bits per heavy atom. The predicted molar refractivity (Wildman–Crippen MR) is 109 cm³/mol. The highest BCUT2D eigenvalue weighted by molar-refractivity contribution is 5.99. The number of pyridine rings is 2. The maximum Gasteiger partial charge on any atom is 0.254 e. The lowest BCUT2D eigenvalue weighted by atomic mass is 10.1. The second-order valence-electron chi connectivity index (χ2n) is 7.85. The highest BCUT2D eigenvalue weighted by Crippen LogP contribution is 2.48. The van der Waals surface area contributed by atoms with Gasteiger partial charge in [0, 0.05) is 66.0 Å². The number of aromatic nitrogens is 4. The average Bonchev–Trinajstić information content (AvgIpc) is 3.16. The van der Waals surface area contributed by atoms with Crippen molar-refractivity contribution in [3.8, 4) is 5.69 Å². The molecule has 1 fully saturated rings. The Morgan fingerprint density at radius 2 is 2.03 bits per heavy atom. The van der Waals surface area contributed by atoms with E-state index in [-0.39, 0.29) is 5.91 Å². The van der Waals surface area contributed by atoms with Gasteiger partial charge in [-0.1, -0.05) is 6.07 Å². The van der Waals surface area contributed by atoms with Crippen LogP contribution in [0.4, 0.5) is 0 Å². The minimum absolute atomic E-state index is 0.118. The molecule has 2 atom stereocenters.